The highest BCUT2D eigenvalue weighted by Gasteiger charge is 2.27. The molecule has 1 aliphatic heterocycles. The van der Waals surface area contributed by atoms with Crippen molar-refractivity contribution >= 4 is 18.3 Å². The fraction of sp³-hybridized carbons (Fsp3) is 0.600. The summed E-state index contributed by atoms with van der Waals surface area (Å²) in [6.07, 6.45) is 0. The van der Waals surface area contributed by atoms with Gasteiger partial charge >= 0.3 is 7.12 Å². The Bertz CT molecular complexity index is 480. The largest absolute Gasteiger partial charge is 0.495 e. The number of hydrogen-bond donors (Lipinski definition) is 2. The normalized spacial score (nSPS) is 17.0. The summed E-state index contributed by atoms with van der Waals surface area (Å²) in [5, 5.41) is 18.7. The van der Waals surface area contributed by atoms with Gasteiger partial charge in [0.15, 0.2) is 0 Å². The highest BCUT2D eigenvalue weighted by atomic mass is 16.5. The van der Waals surface area contributed by atoms with Crippen molar-refractivity contribution in [3.63, 3.8) is 0 Å². The summed E-state index contributed by atoms with van der Waals surface area (Å²) < 4.78 is 5.41. The molecule has 1 aromatic rings. The molecule has 116 valence electrons. The predicted octanol–water partition coefficient (Wildman–Crippen LogP) is 0.295. The minimum atomic E-state index is -1.45. The Labute approximate surface area is 127 Å². The van der Waals surface area contributed by atoms with Crippen LogP contribution in [-0.4, -0.2) is 60.9 Å². The van der Waals surface area contributed by atoms with E-state index in [1.54, 1.807) is 25.3 Å². The van der Waals surface area contributed by atoms with Gasteiger partial charge in [0, 0.05) is 31.7 Å². The maximum atomic E-state index is 9.35. The first-order chi connectivity index (χ1) is 9.82. The third-order valence-electron chi connectivity index (χ3n) is 4.07. The van der Waals surface area contributed by atoms with Gasteiger partial charge in [0.05, 0.1) is 12.8 Å². The van der Waals surface area contributed by atoms with Gasteiger partial charge in [-0.25, -0.2) is 0 Å². The molecule has 0 amide bonds. The number of benzene rings is 1. The second-order valence-corrected chi connectivity index (χ2v) is 6.45. The average Bonchev–Trinajstić information content (AvgIpc) is 2.45. The van der Waals surface area contributed by atoms with Crippen LogP contribution >= 0.6 is 0 Å². The third kappa shape index (κ3) is 3.70. The van der Waals surface area contributed by atoms with Crippen molar-refractivity contribution in [2.24, 2.45) is 0 Å². The van der Waals surface area contributed by atoms with Gasteiger partial charge in [-0.1, -0.05) is 6.07 Å². The number of nitrogens with zero attached hydrogens (tertiary/aromatic N) is 2. The molecule has 1 fully saturated rings. The van der Waals surface area contributed by atoms with Crippen LogP contribution in [-0.2, 0) is 0 Å². The number of ether oxygens (including phenoxy) is 1. The van der Waals surface area contributed by atoms with E-state index in [-0.39, 0.29) is 5.54 Å². The molecule has 1 aliphatic rings. The van der Waals surface area contributed by atoms with E-state index in [0.29, 0.717) is 5.46 Å². The zero-order valence-corrected chi connectivity index (χ0v) is 13.3. The summed E-state index contributed by atoms with van der Waals surface area (Å²) >= 11 is 0. The molecular weight excluding hydrogens is 267 g/mol. The van der Waals surface area contributed by atoms with Crippen molar-refractivity contribution in [1.29, 1.82) is 0 Å². The van der Waals surface area contributed by atoms with Gasteiger partial charge in [0.1, 0.15) is 5.75 Å². The molecule has 0 unspecified atom stereocenters. The van der Waals surface area contributed by atoms with Crippen LogP contribution in [0, 0.1) is 0 Å². The second kappa shape index (κ2) is 6.26. The predicted molar refractivity (Wildman–Crippen MR) is 86.4 cm³/mol. The van der Waals surface area contributed by atoms with Gasteiger partial charge in [-0.3, -0.25) is 4.90 Å². The van der Waals surface area contributed by atoms with E-state index in [4.69, 9.17) is 4.74 Å². The van der Waals surface area contributed by atoms with Crippen molar-refractivity contribution in [3.8, 4) is 5.75 Å². The molecule has 1 saturated heterocycles. The van der Waals surface area contributed by atoms with Crippen molar-refractivity contribution in [2.75, 3.05) is 38.2 Å². The number of hydrogen-bond acceptors (Lipinski definition) is 5. The Balaban J connectivity index is 2.17. The molecule has 2 N–H and O–H groups in total. The monoisotopic (exact) mass is 292 g/mol. The molecular formula is C15H25BN2O3. The van der Waals surface area contributed by atoms with Gasteiger partial charge in [-0.05, 0) is 38.4 Å². The smallest absolute Gasteiger partial charge is 0.488 e. The summed E-state index contributed by atoms with van der Waals surface area (Å²) in [6, 6.07) is 5.27. The minimum absolute atomic E-state index is 0.180. The number of piperazine rings is 1. The summed E-state index contributed by atoms with van der Waals surface area (Å²) in [7, 11) is 0.185. The van der Waals surface area contributed by atoms with Crippen molar-refractivity contribution < 1.29 is 14.8 Å². The molecule has 0 atom stereocenters. The molecule has 0 bridgehead atoms. The lowest BCUT2D eigenvalue weighted by Gasteiger charge is -2.43. The second-order valence-electron chi connectivity index (χ2n) is 6.45. The molecule has 0 radical (unpaired) electrons. The van der Waals surface area contributed by atoms with E-state index >= 15 is 0 Å². The molecule has 1 heterocycles. The Morgan fingerprint density at radius 1 is 1.10 bits per heavy atom. The zero-order chi connectivity index (χ0) is 15.6. The lowest BCUT2D eigenvalue weighted by Crippen LogP contribution is -2.53. The summed E-state index contributed by atoms with van der Waals surface area (Å²) in [4.78, 5) is 4.70. The quantitative estimate of drug-likeness (QED) is 0.785. The van der Waals surface area contributed by atoms with Crippen LogP contribution in [0.25, 0.3) is 0 Å². The van der Waals surface area contributed by atoms with Crippen LogP contribution in [0.4, 0.5) is 5.69 Å². The molecule has 0 aliphatic carbocycles. The molecule has 2 rings (SSSR count). The molecule has 5 nitrogen and oxygen atoms in total. The fourth-order valence-corrected chi connectivity index (χ4v) is 2.73. The van der Waals surface area contributed by atoms with Crippen LogP contribution in [0.2, 0.25) is 0 Å². The van der Waals surface area contributed by atoms with Crippen LogP contribution in [0.15, 0.2) is 18.2 Å². The fourth-order valence-electron chi connectivity index (χ4n) is 2.73. The van der Waals surface area contributed by atoms with Crippen molar-refractivity contribution in [2.45, 2.75) is 26.3 Å². The van der Waals surface area contributed by atoms with Crippen molar-refractivity contribution in [1.82, 2.24) is 4.90 Å². The van der Waals surface area contributed by atoms with Gasteiger partial charge in [-0.15, -0.1) is 0 Å². The van der Waals surface area contributed by atoms with Crippen LogP contribution in [0.1, 0.15) is 20.8 Å². The van der Waals surface area contributed by atoms with Gasteiger partial charge < -0.3 is 19.7 Å². The molecule has 0 saturated carbocycles. The van der Waals surface area contributed by atoms with Gasteiger partial charge in [-0.2, -0.15) is 0 Å². The molecule has 6 heteroatoms. The SMILES string of the molecule is COc1ccc(B(O)O)cc1N1CCN(C(C)(C)C)CC1. The molecule has 0 spiro atoms. The summed E-state index contributed by atoms with van der Waals surface area (Å²) in [5.41, 5.74) is 1.60. The first-order valence-electron chi connectivity index (χ1n) is 7.37. The standard InChI is InChI=1S/C15H25BN2O3/c1-15(2,3)18-9-7-17(8-10-18)13-11-12(16(19)20)5-6-14(13)21-4/h5-6,11,19-20H,7-10H2,1-4H3. The Morgan fingerprint density at radius 2 is 1.71 bits per heavy atom. The summed E-state index contributed by atoms with van der Waals surface area (Å²) in [6.45, 7) is 10.5. The number of anilines is 1. The maximum Gasteiger partial charge on any atom is 0.488 e. The van der Waals surface area contributed by atoms with E-state index in [2.05, 4.69) is 30.6 Å². The average molecular weight is 292 g/mol. The third-order valence-corrected chi connectivity index (χ3v) is 4.07. The first kappa shape index (κ1) is 16.1. The lowest BCUT2D eigenvalue weighted by molar-refractivity contribution is 0.128. The van der Waals surface area contributed by atoms with E-state index in [9.17, 15) is 10.0 Å². The van der Waals surface area contributed by atoms with E-state index in [1.807, 2.05) is 0 Å². The Morgan fingerprint density at radius 3 is 2.19 bits per heavy atom. The first-order valence-corrected chi connectivity index (χ1v) is 7.37. The van der Waals surface area contributed by atoms with E-state index in [0.717, 1.165) is 37.6 Å². The maximum absolute atomic E-state index is 9.35. The lowest BCUT2D eigenvalue weighted by atomic mass is 9.80. The van der Waals surface area contributed by atoms with E-state index < -0.39 is 7.12 Å². The number of rotatable bonds is 3. The Hall–Kier alpha value is -1.24. The van der Waals surface area contributed by atoms with Crippen molar-refractivity contribution in [3.05, 3.63) is 18.2 Å². The van der Waals surface area contributed by atoms with Gasteiger partial charge in [0.2, 0.25) is 0 Å². The minimum Gasteiger partial charge on any atom is -0.495 e. The molecule has 0 aromatic heterocycles. The van der Waals surface area contributed by atoms with Crippen LogP contribution in [0.3, 0.4) is 0 Å². The highest BCUT2D eigenvalue weighted by molar-refractivity contribution is 6.58. The Kier molecular flexibility index (Phi) is 4.81. The highest BCUT2D eigenvalue weighted by Crippen LogP contribution is 2.28. The molecule has 1 aromatic carbocycles. The zero-order valence-electron chi connectivity index (χ0n) is 13.3. The van der Waals surface area contributed by atoms with E-state index in [1.165, 1.54) is 0 Å². The van der Waals surface area contributed by atoms with Crippen LogP contribution in [0.5, 0.6) is 5.75 Å². The van der Waals surface area contributed by atoms with Crippen LogP contribution < -0.4 is 15.1 Å². The topological polar surface area (TPSA) is 56.2 Å². The van der Waals surface area contributed by atoms with Gasteiger partial charge in [0.25, 0.3) is 0 Å². The molecule has 21 heavy (non-hydrogen) atoms. The number of methoxy groups -OCH3 is 1. The summed E-state index contributed by atoms with van der Waals surface area (Å²) in [5.74, 6) is 0.767.